The second kappa shape index (κ2) is 6.84. The molecule has 1 N–H and O–H groups in total. The number of nitrogens with one attached hydrogen (secondary N) is 1. The maximum Gasteiger partial charge on any atom is 0.414 e. The first-order valence-electron chi connectivity index (χ1n) is 7.43. The van der Waals surface area contributed by atoms with Crippen LogP contribution >= 0.6 is 11.6 Å². The molecule has 1 amide bonds. The maximum atomic E-state index is 11.9. The van der Waals surface area contributed by atoms with Gasteiger partial charge in [-0.1, -0.05) is 44.2 Å². The number of nitrogens with zero attached hydrogens (tertiary/aromatic N) is 4. The Balaban J connectivity index is 1.74. The predicted molar refractivity (Wildman–Crippen MR) is 90.1 cm³/mol. The summed E-state index contributed by atoms with van der Waals surface area (Å²) in [6.45, 7) is 4.20. The quantitative estimate of drug-likeness (QED) is 0.780. The molecule has 8 heteroatoms. The second-order valence-corrected chi connectivity index (χ2v) is 5.83. The Kier molecular flexibility index (Phi) is 4.61. The number of amides is 1. The Morgan fingerprint density at radius 2 is 2.04 bits per heavy atom. The van der Waals surface area contributed by atoms with Crippen LogP contribution in [0.2, 0.25) is 5.28 Å². The molecule has 0 aliphatic carbocycles. The van der Waals surface area contributed by atoms with Crippen molar-refractivity contribution in [3.05, 3.63) is 52.9 Å². The average Bonchev–Trinajstić information content (AvgIpc) is 2.98. The van der Waals surface area contributed by atoms with E-state index in [9.17, 15) is 4.79 Å². The first-order valence-corrected chi connectivity index (χ1v) is 7.81. The Labute approximate surface area is 143 Å². The summed E-state index contributed by atoms with van der Waals surface area (Å²) < 4.78 is 6.58. The molecule has 0 unspecified atom stereocenters. The van der Waals surface area contributed by atoms with Gasteiger partial charge in [-0.15, -0.1) is 0 Å². The summed E-state index contributed by atoms with van der Waals surface area (Å²) in [4.78, 5) is 20.2. The van der Waals surface area contributed by atoms with Crippen LogP contribution in [0, 0.1) is 0 Å². The van der Waals surface area contributed by atoms with Crippen LogP contribution in [0.5, 0.6) is 0 Å². The molecule has 3 rings (SSSR count). The Morgan fingerprint density at radius 3 is 2.75 bits per heavy atom. The van der Waals surface area contributed by atoms with Crippen molar-refractivity contribution in [1.29, 1.82) is 0 Å². The number of ether oxygens (including phenoxy) is 1. The fraction of sp³-hybridized carbons (Fsp3) is 0.250. The Hall–Kier alpha value is -2.67. The van der Waals surface area contributed by atoms with E-state index in [2.05, 4.69) is 20.4 Å². The first kappa shape index (κ1) is 16.2. The summed E-state index contributed by atoms with van der Waals surface area (Å²) >= 11 is 6.09. The standard InChI is InChI=1S/C16H16ClN5O2/c1-10(2)12-8-18-22-13(12)19-15(20-14(22)17)21-16(23)24-9-11-6-4-3-5-7-11/h3-8,10H,9H2,1-2H3,(H,19,21,23). The smallest absolute Gasteiger partial charge is 0.414 e. The minimum atomic E-state index is -0.648. The average molecular weight is 346 g/mol. The predicted octanol–water partition coefficient (Wildman–Crippen LogP) is 3.65. The number of anilines is 1. The van der Waals surface area contributed by atoms with Gasteiger partial charge in [0.05, 0.1) is 6.20 Å². The fourth-order valence-corrected chi connectivity index (χ4v) is 2.38. The lowest BCUT2D eigenvalue weighted by molar-refractivity contribution is 0.155. The summed E-state index contributed by atoms with van der Waals surface area (Å²) in [5.74, 6) is 0.291. The maximum absolute atomic E-state index is 11.9. The van der Waals surface area contributed by atoms with Crippen molar-refractivity contribution < 1.29 is 9.53 Å². The van der Waals surface area contributed by atoms with Crippen molar-refractivity contribution >= 4 is 29.3 Å². The molecule has 0 radical (unpaired) electrons. The topological polar surface area (TPSA) is 81.4 Å². The molecule has 2 aromatic heterocycles. The number of halogens is 1. The van der Waals surface area contributed by atoms with Crippen LogP contribution < -0.4 is 5.32 Å². The van der Waals surface area contributed by atoms with Crippen LogP contribution in [0.15, 0.2) is 36.5 Å². The van der Waals surface area contributed by atoms with Crippen molar-refractivity contribution in [2.75, 3.05) is 5.32 Å². The van der Waals surface area contributed by atoms with Gasteiger partial charge in [0.1, 0.15) is 6.61 Å². The van der Waals surface area contributed by atoms with E-state index >= 15 is 0 Å². The molecule has 2 heterocycles. The highest BCUT2D eigenvalue weighted by atomic mass is 35.5. The van der Waals surface area contributed by atoms with E-state index in [0.717, 1.165) is 11.1 Å². The van der Waals surface area contributed by atoms with E-state index in [0.29, 0.717) is 5.65 Å². The molecule has 124 valence electrons. The molecule has 0 aliphatic heterocycles. The van der Waals surface area contributed by atoms with Gasteiger partial charge in [0.25, 0.3) is 0 Å². The molecule has 24 heavy (non-hydrogen) atoms. The van der Waals surface area contributed by atoms with E-state index in [4.69, 9.17) is 16.3 Å². The van der Waals surface area contributed by atoms with E-state index in [-0.39, 0.29) is 23.8 Å². The van der Waals surface area contributed by atoms with E-state index < -0.39 is 6.09 Å². The van der Waals surface area contributed by atoms with Gasteiger partial charge in [0, 0.05) is 5.56 Å². The molecule has 0 saturated carbocycles. The van der Waals surface area contributed by atoms with Crippen LogP contribution in [0.25, 0.3) is 5.65 Å². The number of hydrogen-bond donors (Lipinski definition) is 1. The number of benzene rings is 1. The fourth-order valence-electron chi connectivity index (χ4n) is 2.18. The highest BCUT2D eigenvalue weighted by molar-refractivity contribution is 6.28. The number of aromatic nitrogens is 4. The van der Waals surface area contributed by atoms with Gasteiger partial charge in [0.15, 0.2) is 5.65 Å². The van der Waals surface area contributed by atoms with E-state index in [1.807, 2.05) is 44.2 Å². The largest absolute Gasteiger partial charge is 0.444 e. The normalized spacial score (nSPS) is 11.0. The summed E-state index contributed by atoms with van der Waals surface area (Å²) in [7, 11) is 0. The molecule has 0 saturated heterocycles. The monoisotopic (exact) mass is 345 g/mol. The van der Waals surface area contributed by atoms with Crippen LogP contribution in [-0.4, -0.2) is 25.7 Å². The molecular formula is C16H16ClN5O2. The van der Waals surface area contributed by atoms with Gasteiger partial charge in [-0.3, -0.25) is 5.32 Å². The number of rotatable bonds is 4. The molecule has 3 aromatic rings. The van der Waals surface area contributed by atoms with Crippen molar-refractivity contribution in [3.8, 4) is 0 Å². The lowest BCUT2D eigenvalue weighted by Crippen LogP contribution is -2.16. The van der Waals surface area contributed by atoms with Gasteiger partial charge in [-0.2, -0.15) is 19.6 Å². The zero-order valence-corrected chi connectivity index (χ0v) is 14.0. The van der Waals surface area contributed by atoms with E-state index in [1.165, 1.54) is 4.52 Å². The zero-order chi connectivity index (χ0) is 17.1. The van der Waals surface area contributed by atoms with Crippen molar-refractivity contribution in [2.45, 2.75) is 26.4 Å². The highest BCUT2D eigenvalue weighted by Crippen LogP contribution is 2.21. The molecule has 0 bridgehead atoms. The molecule has 1 aromatic carbocycles. The van der Waals surface area contributed by atoms with Crippen LogP contribution in [0.1, 0.15) is 30.9 Å². The number of hydrogen-bond acceptors (Lipinski definition) is 5. The van der Waals surface area contributed by atoms with Crippen LogP contribution in [0.3, 0.4) is 0 Å². The lowest BCUT2D eigenvalue weighted by atomic mass is 10.1. The Morgan fingerprint density at radius 1 is 1.29 bits per heavy atom. The van der Waals surface area contributed by atoms with Gasteiger partial charge in [-0.05, 0) is 23.1 Å². The zero-order valence-electron chi connectivity index (χ0n) is 13.2. The third-order valence-electron chi connectivity index (χ3n) is 3.40. The van der Waals surface area contributed by atoms with Crippen LogP contribution in [-0.2, 0) is 11.3 Å². The third kappa shape index (κ3) is 3.46. The van der Waals surface area contributed by atoms with Gasteiger partial charge < -0.3 is 4.74 Å². The lowest BCUT2D eigenvalue weighted by Gasteiger charge is -2.07. The minimum absolute atomic E-state index is 0.0768. The van der Waals surface area contributed by atoms with Crippen molar-refractivity contribution in [1.82, 2.24) is 19.6 Å². The summed E-state index contributed by atoms with van der Waals surface area (Å²) in [6, 6.07) is 9.38. The Bertz CT molecular complexity index is 864. The van der Waals surface area contributed by atoms with E-state index in [1.54, 1.807) is 6.20 Å². The third-order valence-corrected chi connectivity index (χ3v) is 3.65. The molecule has 0 atom stereocenters. The van der Waals surface area contributed by atoms with Gasteiger partial charge >= 0.3 is 6.09 Å². The number of carbonyl (C=O) groups excluding carboxylic acids is 1. The molecule has 0 aliphatic rings. The SMILES string of the molecule is CC(C)c1cnn2c(Cl)nc(NC(=O)OCc3ccccc3)nc12. The highest BCUT2D eigenvalue weighted by Gasteiger charge is 2.15. The number of fused-ring (bicyclic) bond motifs is 1. The second-order valence-electron chi connectivity index (χ2n) is 5.49. The first-order chi connectivity index (χ1) is 11.5. The summed E-state index contributed by atoms with van der Waals surface area (Å²) in [6.07, 6.45) is 1.04. The minimum Gasteiger partial charge on any atom is -0.444 e. The van der Waals surface area contributed by atoms with Crippen molar-refractivity contribution in [2.24, 2.45) is 0 Å². The van der Waals surface area contributed by atoms with Crippen molar-refractivity contribution in [3.63, 3.8) is 0 Å². The summed E-state index contributed by atoms with van der Waals surface area (Å²) in [5.41, 5.74) is 2.36. The van der Waals surface area contributed by atoms with Gasteiger partial charge in [0.2, 0.25) is 11.2 Å². The number of carbonyl (C=O) groups is 1. The molecule has 7 nitrogen and oxygen atoms in total. The summed E-state index contributed by atoms with van der Waals surface area (Å²) in [5, 5.41) is 6.76. The molecule has 0 spiro atoms. The molecular weight excluding hydrogens is 330 g/mol. The van der Waals surface area contributed by atoms with Crippen LogP contribution in [0.4, 0.5) is 10.7 Å². The van der Waals surface area contributed by atoms with Gasteiger partial charge in [-0.25, -0.2) is 4.79 Å². The molecule has 0 fully saturated rings.